The lowest BCUT2D eigenvalue weighted by atomic mass is 10.1. The summed E-state index contributed by atoms with van der Waals surface area (Å²) in [5.41, 5.74) is 2.57. The van der Waals surface area contributed by atoms with E-state index >= 15 is 0 Å². The highest BCUT2D eigenvalue weighted by Crippen LogP contribution is 2.29. The van der Waals surface area contributed by atoms with Crippen LogP contribution < -0.4 is 5.32 Å². The summed E-state index contributed by atoms with van der Waals surface area (Å²) in [4.78, 5) is 21.6. The van der Waals surface area contributed by atoms with Gasteiger partial charge in [0.15, 0.2) is 5.82 Å². The molecule has 3 N–H and O–H groups in total. The molecular formula is C24H19N3O3. The Kier molecular flexibility index (Phi) is 5.50. The molecule has 1 unspecified atom stereocenters. The molecule has 6 heteroatoms. The maximum absolute atomic E-state index is 12.6. The zero-order chi connectivity index (χ0) is 20.9. The quantitative estimate of drug-likeness (QED) is 0.469. The van der Waals surface area contributed by atoms with Gasteiger partial charge in [-0.25, -0.2) is 9.97 Å². The Morgan fingerprint density at radius 1 is 0.867 bits per heavy atom. The highest BCUT2D eigenvalue weighted by Gasteiger charge is 2.21. The normalized spacial score (nSPS) is 11.6. The molecule has 1 heterocycles. The van der Waals surface area contributed by atoms with Crippen molar-refractivity contribution in [3.63, 3.8) is 0 Å². The van der Waals surface area contributed by atoms with Gasteiger partial charge >= 0.3 is 0 Å². The second kappa shape index (κ2) is 8.55. The van der Waals surface area contributed by atoms with Crippen molar-refractivity contribution in [1.82, 2.24) is 9.97 Å². The van der Waals surface area contributed by atoms with Crippen LogP contribution in [0.15, 0.2) is 91.1 Å². The van der Waals surface area contributed by atoms with E-state index in [-0.39, 0.29) is 23.2 Å². The van der Waals surface area contributed by atoms with Crippen molar-refractivity contribution in [3.05, 3.63) is 108 Å². The first-order valence-electron chi connectivity index (χ1n) is 9.37. The van der Waals surface area contributed by atoms with Crippen molar-refractivity contribution in [2.24, 2.45) is 0 Å². The zero-order valence-corrected chi connectivity index (χ0v) is 15.9. The predicted molar refractivity (Wildman–Crippen MR) is 114 cm³/mol. The van der Waals surface area contributed by atoms with Crippen LogP contribution in [0.5, 0.6) is 5.75 Å². The Labute approximate surface area is 173 Å². The number of hydrogen-bond acceptors (Lipinski definition) is 5. The van der Waals surface area contributed by atoms with Crippen LogP contribution in [0.1, 0.15) is 27.7 Å². The molecule has 1 aromatic heterocycles. The minimum absolute atomic E-state index is 0.142. The Balaban J connectivity index is 1.74. The molecule has 0 aliphatic heterocycles. The van der Waals surface area contributed by atoms with Gasteiger partial charge in [-0.3, -0.25) is 4.79 Å². The third-order valence-electron chi connectivity index (χ3n) is 4.60. The third kappa shape index (κ3) is 4.19. The van der Waals surface area contributed by atoms with Gasteiger partial charge in [0.25, 0.3) is 5.91 Å². The zero-order valence-electron chi connectivity index (χ0n) is 15.9. The van der Waals surface area contributed by atoms with Crippen LogP contribution in [0.25, 0.3) is 11.3 Å². The molecule has 0 spiro atoms. The average Bonchev–Trinajstić information content (AvgIpc) is 2.80. The fourth-order valence-corrected chi connectivity index (χ4v) is 3.02. The number of anilines is 1. The van der Waals surface area contributed by atoms with Gasteiger partial charge < -0.3 is 15.5 Å². The molecule has 0 saturated carbocycles. The molecule has 0 aliphatic carbocycles. The number of nitrogens with one attached hydrogen (secondary N) is 1. The molecule has 0 radical (unpaired) electrons. The molecule has 0 aliphatic rings. The standard InChI is InChI=1S/C24H19N3O3/c28-19-13-11-16(12-14-19)20-15-25-23(27-24(30)18-9-5-2-6-10-18)21(26-20)22(29)17-7-3-1-4-8-17/h1-15,22,28-29H,(H,25,27,30). The summed E-state index contributed by atoms with van der Waals surface area (Å²) in [6.45, 7) is 0. The number of carbonyl (C=O) groups is 1. The smallest absolute Gasteiger partial charge is 0.256 e. The lowest BCUT2D eigenvalue weighted by Gasteiger charge is -2.16. The van der Waals surface area contributed by atoms with Gasteiger partial charge in [-0.15, -0.1) is 0 Å². The Morgan fingerprint density at radius 3 is 2.17 bits per heavy atom. The highest BCUT2D eigenvalue weighted by molar-refractivity contribution is 6.04. The van der Waals surface area contributed by atoms with Gasteiger partial charge in [0, 0.05) is 11.1 Å². The van der Waals surface area contributed by atoms with Crippen molar-refractivity contribution in [1.29, 1.82) is 0 Å². The number of aliphatic hydroxyl groups excluding tert-OH is 1. The van der Waals surface area contributed by atoms with Gasteiger partial charge in [0.2, 0.25) is 0 Å². The fourth-order valence-electron chi connectivity index (χ4n) is 3.02. The van der Waals surface area contributed by atoms with Gasteiger partial charge in [0.1, 0.15) is 17.5 Å². The molecule has 1 amide bonds. The molecule has 4 aromatic rings. The fraction of sp³-hybridized carbons (Fsp3) is 0.0417. The summed E-state index contributed by atoms with van der Waals surface area (Å²) in [6, 6.07) is 24.3. The second-order valence-electron chi connectivity index (χ2n) is 6.67. The summed E-state index contributed by atoms with van der Waals surface area (Å²) in [7, 11) is 0. The van der Waals surface area contributed by atoms with Crippen molar-refractivity contribution in [2.45, 2.75) is 6.10 Å². The number of aliphatic hydroxyl groups is 1. The number of phenols is 1. The number of amides is 1. The number of phenolic OH excluding ortho intramolecular Hbond substituents is 1. The predicted octanol–water partition coefficient (Wildman–Crippen LogP) is 4.18. The summed E-state index contributed by atoms with van der Waals surface area (Å²) >= 11 is 0. The lowest BCUT2D eigenvalue weighted by Crippen LogP contribution is -2.17. The monoisotopic (exact) mass is 397 g/mol. The molecule has 3 aromatic carbocycles. The van der Waals surface area contributed by atoms with Crippen LogP contribution in [0.2, 0.25) is 0 Å². The van der Waals surface area contributed by atoms with Crippen LogP contribution in [-0.4, -0.2) is 26.1 Å². The number of rotatable bonds is 5. The minimum atomic E-state index is -1.08. The third-order valence-corrected chi connectivity index (χ3v) is 4.60. The van der Waals surface area contributed by atoms with Crippen molar-refractivity contribution >= 4 is 11.7 Å². The van der Waals surface area contributed by atoms with E-state index in [4.69, 9.17) is 0 Å². The first kappa shape index (κ1) is 19.3. The lowest BCUT2D eigenvalue weighted by molar-refractivity contribution is 0.102. The van der Waals surface area contributed by atoms with E-state index in [1.807, 2.05) is 24.3 Å². The number of hydrogen-bond donors (Lipinski definition) is 3. The highest BCUT2D eigenvalue weighted by atomic mass is 16.3. The summed E-state index contributed by atoms with van der Waals surface area (Å²) < 4.78 is 0. The van der Waals surface area contributed by atoms with Crippen molar-refractivity contribution in [2.75, 3.05) is 5.32 Å². The van der Waals surface area contributed by atoms with Crippen LogP contribution >= 0.6 is 0 Å². The number of aromatic hydroxyl groups is 1. The molecule has 6 nitrogen and oxygen atoms in total. The average molecular weight is 397 g/mol. The summed E-state index contributed by atoms with van der Waals surface area (Å²) in [5.74, 6) is -0.0190. The molecule has 0 bridgehead atoms. The number of carbonyl (C=O) groups excluding carboxylic acids is 1. The van der Waals surface area contributed by atoms with Crippen molar-refractivity contribution < 1.29 is 15.0 Å². The van der Waals surface area contributed by atoms with Crippen LogP contribution in [0.3, 0.4) is 0 Å². The first-order chi connectivity index (χ1) is 14.6. The SMILES string of the molecule is O=C(Nc1ncc(-c2ccc(O)cc2)nc1C(O)c1ccccc1)c1ccccc1. The van der Waals surface area contributed by atoms with Gasteiger partial charge in [0.05, 0.1) is 11.9 Å². The summed E-state index contributed by atoms with van der Waals surface area (Å²) in [5, 5.41) is 23.3. The Morgan fingerprint density at radius 2 is 1.50 bits per heavy atom. The first-order valence-corrected chi connectivity index (χ1v) is 9.37. The topological polar surface area (TPSA) is 95.3 Å². The largest absolute Gasteiger partial charge is 0.508 e. The van der Waals surface area contributed by atoms with E-state index in [0.29, 0.717) is 16.8 Å². The van der Waals surface area contributed by atoms with Crippen LogP contribution in [0, 0.1) is 0 Å². The maximum atomic E-state index is 12.6. The molecule has 30 heavy (non-hydrogen) atoms. The molecule has 0 saturated heterocycles. The van der Waals surface area contributed by atoms with E-state index in [0.717, 1.165) is 5.56 Å². The van der Waals surface area contributed by atoms with Crippen LogP contribution in [0.4, 0.5) is 5.82 Å². The van der Waals surface area contributed by atoms with Gasteiger partial charge in [-0.1, -0.05) is 48.5 Å². The number of benzene rings is 3. The molecule has 148 valence electrons. The molecule has 4 rings (SSSR count). The maximum Gasteiger partial charge on any atom is 0.256 e. The van der Waals surface area contributed by atoms with E-state index in [9.17, 15) is 15.0 Å². The second-order valence-corrected chi connectivity index (χ2v) is 6.67. The molecular weight excluding hydrogens is 378 g/mol. The van der Waals surface area contributed by atoms with Crippen molar-refractivity contribution in [3.8, 4) is 17.0 Å². The van der Waals surface area contributed by atoms with Gasteiger partial charge in [-0.05, 0) is 42.0 Å². The van der Waals surface area contributed by atoms with Gasteiger partial charge in [-0.2, -0.15) is 0 Å². The van der Waals surface area contributed by atoms with Crippen LogP contribution in [-0.2, 0) is 0 Å². The minimum Gasteiger partial charge on any atom is -0.508 e. The van der Waals surface area contributed by atoms with E-state index in [1.165, 1.54) is 6.20 Å². The Hall–Kier alpha value is -4.03. The Bertz CT molecular complexity index is 1150. The van der Waals surface area contributed by atoms with E-state index < -0.39 is 6.10 Å². The molecule has 0 fully saturated rings. The number of nitrogens with zero attached hydrogens (tertiary/aromatic N) is 2. The number of aromatic nitrogens is 2. The summed E-state index contributed by atoms with van der Waals surface area (Å²) in [6.07, 6.45) is 0.440. The molecule has 1 atom stereocenters. The van der Waals surface area contributed by atoms with E-state index in [1.54, 1.807) is 60.7 Å². The van der Waals surface area contributed by atoms with E-state index in [2.05, 4.69) is 15.3 Å².